The zero-order chi connectivity index (χ0) is 20.9. The minimum atomic E-state index is -1.37. The number of rotatable bonds is 14. The number of ketones is 1. The second kappa shape index (κ2) is 12.6. The number of carbonyl (C=O) groups is 4. The van der Waals surface area contributed by atoms with Crippen molar-refractivity contribution in [2.45, 2.75) is 45.4 Å². The van der Waals surface area contributed by atoms with Gasteiger partial charge < -0.3 is 20.3 Å². The first-order chi connectivity index (χ1) is 13.4. The molecule has 1 aromatic rings. The van der Waals surface area contributed by atoms with Crippen molar-refractivity contribution in [3.8, 4) is 0 Å². The predicted octanol–water partition coefficient (Wildman–Crippen LogP) is 2.76. The van der Waals surface area contributed by atoms with E-state index < -0.39 is 17.7 Å². The zero-order valence-electron chi connectivity index (χ0n) is 16.0. The third-order valence-electron chi connectivity index (χ3n) is 4.08. The van der Waals surface area contributed by atoms with Crippen LogP contribution in [0.2, 0.25) is 0 Å². The van der Waals surface area contributed by atoms with Gasteiger partial charge in [0, 0.05) is 25.1 Å². The molecule has 8 nitrogen and oxygen atoms in total. The summed E-state index contributed by atoms with van der Waals surface area (Å²) in [6.07, 6.45) is 4.65. The number of hydrogen-bond donors (Lipinski definition) is 3. The van der Waals surface area contributed by atoms with Gasteiger partial charge in [-0.05, 0) is 37.5 Å². The molecule has 1 rings (SSSR count). The Morgan fingerprint density at radius 1 is 0.964 bits per heavy atom. The summed E-state index contributed by atoms with van der Waals surface area (Å²) in [4.78, 5) is 45.9. The van der Waals surface area contributed by atoms with Crippen LogP contribution in [0.25, 0.3) is 0 Å². The Morgan fingerprint density at radius 3 is 2.36 bits per heavy atom. The van der Waals surface area contributed by atoms with Crippen LogP contribution in [0.4, 0.5) is 0 Å². The topological polar surface area (TPSA) is 130 Å². The molecule has 0 aliphatic carbocycles. The molecule has 1 aromatic carbocycles. The molecule has 0 aliphatic heterocycles. The standard InChI is InChI=1S/C20H27NO7/c1-2-3-10-21-18(23)7-5-4-6-11-28-13-17(22)15-9-8-14(19(24)25)12-16(15)20(26)27/h8-9,12H,2-7,10-11,13H2,1H3,(H,21,23)(H,24,25)(H,26,27). The van der Waals surface area contributed by atoms with Crippen LogP contribution in [0.15, 0.2) is 18.2 Å². The number of carboxylic acid groups (broad SMARTS) is 2. The molecular formula is C20H27NO7. The van der Waals surface area contributed by atoms with Crippen molar-refractivity contribution in [2.24, 2.45) is 0 Å². The summed E-state index contributed by atoms with van der Waals surface area (Å²) < 4.78 is 5.29. The van der Waals surface area contributed by atoms with Crippen LogP contribution in [-0.2, 0) is 9.53 Å². The Bertz CT molecular complexity index is 700. The molecular weight excluding hydrogens is 366 g/mol. The molecule has 1 amide bonds. The highest BCUT2D eigenvalue weighted by atomic mass is 16.5. The fourth-order valence-corrected chi connectivity index (χ4v) is 2.50. The first-order valence-corrected chi connectivity index (χ1v) is 9.35. The average Bonchev–Trinajstić information content (AvgIpc) is 2.66. The van der Waals surface area contributed by atoms with E-state index in [2.05, 4.69) is 12.2 Å². The van der Waals surface area contributed by atoms with Crippen LogP contribution in [0.5, 0.6) is 0 Å². The number of ether oxygens (including phenoxy) is 1. The van der Waals surface area contributed by atoms with E-state index >= 15 is 0 Å². The van der Waals surface area contributed by atoms with Crippen LogP contribution in [0.1, 0.15) is 76.5 Å². The van der Waals surface area contributed by atoms with Gasteiger partial charge in [-0.2, -0.15) is 0 Å². The van der Waals surface area contributed by atoms with Gasteiger partial charge in [-0.15, -0.1) is 0 Å². The lowest BCUT2D eigenvalue weighted by molar-refractivity contribution is -0.121. The van der Waals surface area contributed by atoms with Crippen LogP contribution < -0.4 is 5.32 Å². The lowest BCUT2D eigenvalue weighted by Crippen LogP contribution is -2.23. The molecule has 0 aliphatic rings. The van der Waals surface area contributed by atoms with E-state index in [-0.39, 0.29) is 29.2 Å². The molecule has 154 valence electrons. The van der Waals surface area contributed by atoms with E-state index in [4.69, 9.17) is 9.84 Å². The number of nitrogens with one attached hydrogen (secondary N) is 1. The maximum absolute atomic E-state index is 12.2. The average molecular weight is 393 g/mol. The number of carboxylic acids is 2. The number of unbranched alkanes of at least 4 members (excludes halogenated alkanes) is 3. The molecule has 0 fully saturated rings. The van der Waals surface area contributed by atoms with Gasteiger partial charge >= 0.3 is 11.9 Å². The molecule has 28 heavy (non-hydrogen) atoms. The molecule has 0 atom stereocenters. The van der Waals surface area contributed by atoms with Gasteiger partial charge in [0.2, 0.25) is 5.91 Å². The van der Waals surface area contributed by atoms with Crippen molar-refractivity contribution in [3.05, 3.63) is 34.9 Å². The summed E-state index contributed by atoms with van der Waals surface area (Å²) in [5, 5.41) is 21.0. The van der Waals surface area contributed by atoms with E-state index in [0.29, 0.717) is 26.0 Å². The quantitative estimate of drug-likeness (QED) is 0.327. The van der Waals surface area contributed by atoms with E-state index in [0.717, 1.165) is 31.7 Å². The van der Waals surface area contributed by atoms with E-state index in [9.17, 15) is 24.3 Å². The van der Waals surface area contributed by atoms with Crippen molar-refractivity contribution >= 4 is 23.6 Å². The minimum Gasteiger partial charge on any atom is -0.478 e. The van der Waals surface area contributed by atoms with Crippen molar-refractivity contribution in [1.29, 1.82) is 0 Å². The SMILES string of the molecule is CCCCNC(=O)CCCCCOCC(=O)c1ccc(C(=O)O)cc1C(=O)O. The highest BCUT2D eigenvalue weighted by Gasteiger charge is 2.19. The van der Waals surface area contributed by atoms with E-state index in [1.165, 1.54) is 12.1 Å². The molecule has 0 saturated heterocycles. The molecule has 0 spiro atoms. The van der Waals surface area contributed by atoms with Gasteiger partial charge in [0.1, 0.15) is 6.61 Å². The number of Topliss-reactive ketones (excluding diaryl/α,β-unsaturated/α-hetero) is 1. The summed E-state index contributed by atoms with van der Waals surface area (Å²) in [5.41, 5.74) is -0.641. The van der Waals surface area contributed by atoms with Gasteiger partial charge in [0.15, 0.2) is 5.78 Å². The van der Waals surface area contributed by atoms with Crippen LogP contribution in [0, 0.1) is 0 Å². The van der Waals surface area contributed by atoms with Crippen molar-refractivity contribution in [1.82, 2.24) is 5.32 Å². The van der Waals surface area contributed by atoms with Gasteiger partial charge in [0.25, 0.3) is 0 Å². The Hall–Kier alpha value is -2.74. The monoisotopic (exact) mass is 393 g/mol. The molecule has 0 bridgehead atoms. The minimum absolute atomic E-state index is 0.0375. The predicted molar refractivity (Wildman–Crippen MR) is 102 cm³/mol. The highest BCUT2D eigenvalue weighted by molar-refractivity contribution is 6.07. The fourth-order valence-electron chi connectivity index (χ4n) is 2.50. The maximum atomic E-state index is 12.2. The molecule has 0 heterocycles. The molecule has 0 aromatic heterocycles. The Morgan fingerprint density at radius 2 is 1.71 bits per heavy atom. The van der Waals surface area contributed by atoms with Crippen LogP contribution in [-0.4, -0.2) is 53.6 Å². The first-order valence-electron chi connectivity index (χ1n) is 9.35. The Kier molecular flexibility index (Phi) is 10.5. The Labute approximate surface area is 163 Å². The summed E-state index contributed by atoms with van der Waals surface area (Å²) in [6, 6.07) is 3.34. The third-order valence-corrected chi connectivity index (χ3v) is 4.08. The summed E-state index contributed by atoms with van der Waals surface area (Å²) >= 11 is 0. The second-order valence-corrected chi connectivity index (χ2v) is 6.36. The van der Waals surface area contributed by atoms with E-state index in [1.54, 1.807) is 0 Å². The molecule has 3 N–H and O–H groups in total. The van der Waals surface area contributed by atoms with Gasteiger partial charge in [-0.25, -0.2) is 9.59 Å². The summed E-state index contributed by atoms with van der Waals surface area (Å²) in [5.74, 6) is -3.12. The van der Waals surface area contributed by atoms with Gasteiger partial charge in [-0.1, -0.05) is 19.8 Å². The van der Waals surface area contributed by atoms with Gasteiger partial charge in [-0.3, -0.25) is 9.59 Å². The van der Waals surface area contributed by atoms with Crippen LogP contribution >= 0.6 is 0 Å². The van der Waals surface area contributed by atoms with Crippen molar-refractivity contribution in [2.75, 3.05) is 19.8 Å². The van der Waals surface area contributed by atoms with Crippen LogP contribution in [0.3, 0.4) is 0 Å². The van der Waals surface area contributed by atoms with E-state index in [1.807, 2.05) is 0 Å². The lowest BCUT2D eigenvalue weighted by Gasteiger charge is -2.08. The lowest BCUT2D eigenvalue weighted by atomic mass is 10.0. The Balaban J connectivity index is 2.33. The maximum Gasteiger partial charge on any atom is 0.336 e. The third kappa shape index (κ3) is 8.30. The zero-order valence-corrected chi connectivity index (χ0v) is 16.0. The number of amides is 1. The van der Waals surface area contributed by atoms with Crippen molar-refractivity contribution < 1.29 is 34.1 Å². The highest BCUT2D eigenvalue weighted by Crippen LogP contribution is 2.14. The number of hydrogen-bond acceptors (Lipinski definition) is 5. The summed E-state index contributed by atoms with van der Waals surface area (Å²) in [7, 11) is 0. The molecule has 0 unspecified atom stereocenters. The largest absolute Gasteiger partial charge is 0.478 e. The normalized spacial score (nSPS) is 10.5. The molecule has 0 saturated carbocycles. The smallest absolute Gasteiger partial charge is 0.336 e. The number of benzene rings is 1. The second-order valence-electron chi connectivity index (χ2n) is 6.36. The fraction of sp³-hybridized carbons (Fsp3) is 0.500. The number of carbonyl (C=O) groups excluding carboxylic acids is 2. The molecule has 8 heteroatoms. The molecule has 0 radical (unpaired) electrons. The first kappa shape index (κ1) is 23.3. The van der Waals surface area contributed by atoms with Crippen molar-refractivity contribution in [3.63, 3.8) is 0 Å². The van der Waals surface area contributed by atoms with Gasteiger partial charge in [0.05, 0.1) is 11.1 Å². The summed E-state index contributed by atoms with van der Waals surface area (Å²) in [6.45, 7) is 2.79. The number of aromatic carboxylic acids is 2.